The van der Waals surface area contributed by atoms with Gasteiger partial charge in [0.2, 0.25) is 0 Å². The molecule has 1 aromatic heterocycles. The van der Waals surface area contributed by atoms with Gasteiger partial charge in [-0.25, -0.2) is 4.68 Å². The molecular weight excluding hydrogens is 288 g/mol. The van der Waals surface area contributed by atoms with Crippen molar-refractivity contribution < 1.29 is 0 Å². The van der Waals surface area contributed by atoms with E-state index in [4.69, 9.17) is 11.6 Å². The number of likely N-dealkylation sites (tertiary alicyclic amines) is 1. The molecule has 1 fully saturated rings. The zero-order valence-corrected chi connectivity index (χ0v) is 13.7. The maximum Gasteiger partial charge on any atom is 0.287 e. The summed E-state index contributed by atoms with van der Waals surface area (Å²) in [5.41, 5.74) is 0.459. The van der Waals surface area contributed by atoms with Gasteiger partial charge >= 0.3 is 0 Å². The Kier molecular flexibility index (Phi) is 6.06. The van der Waals surface area contributed by atoms with Gasteiger partial charge in [-0.1, -0.05) is 31.9 Å². The first-order chi connectivity index (χ1) is 10.2. The topological polar surface area (TPSA) is 50.2 Å². The molecule has 0 amide bonds. The fourth-order valence-corrected chi connectivity index (χ4v) is 2.89. The summed E-state index contributed by atoms with van der Waals surface area (Å²) in [7, 11) is 0. The van der Waals surface area contributed by atoms with Gasteiger partial charge in [0.25, 0.3) is 5.56 Å². The predicted octanol–water partition coefficient (Wildman–Crippen LogP) is 2.45. The van der Waals surface area contributed by atoms with Crippen LogP contribution in [0.15, 0.2) is 11.0 Å². The Morgan fingerprint density at radius 1 is 1.48 bits per heavy atom. The molecule has 0 spiro atoms. The molecule has 1 saturated heterocycles. The Hall–Kier alpha value is -1.07. The predicted molar refractivity (Wildman–Crippen MR) is 87.1 cm³/mol. The maximum atomic E-state index is 12.1. The van der Waals surface area contributed by atoms with E-state index in [1.165, 1.54) is 11.1 Å². The van der Waals surface area contributed by atoms with Crippen molar-refractivity contribution in [1.82, 2.24) is 14.7 Å². The average Bonchev–Trinajstić information content (AvgIpc) is 2.96. The highest BCUT2D eigenvalue weighted by Crippen LogP contribution is 2.19. The van der Waals surface area contributed by atoms with E-state index in [1.807, 2.05) is 0 Å². The molecule has 2 rings (SSSR count). The van der Waals surface area contributed by atoms with Crippen molar-refractivity contribution in [2.24, 2.45) is 5.92 Å². The molecular formula is C15H25ClN4O. The molecule has 0 bridgehead atoms. The third kappa shape index (κ3) is 4.20. The van der Waals surface area contributed by atoms with Crippen molar-refractivity contribution in [1.29, 1.82) is 0 Å². The number of hydrogen-bond acceptors (Lipinski definition) is 4. The van der Waals surface area contributed by atoms with Crippen LogP contribution < -0.4 is 10.9 Å². The van der Waals surface area contributed by atoms with E-state index in [1.54, 1.807) is 6.20 Å². The summed E-state index contributed by atoms with van der Waals surface area (Å²) < 4.78 is 1.45. The van der Waals surface area contributed by atoms with Crippen molar-refractivity contribution >= 4 is 17.3 Å². The third-order valence-corrected chi connectivity index (χ3v) is 4.47. The molecule has 2 heterocycles. The number of aromatic nitrogens is 2. The highest BCUT2D eigenvalue weighted by Gasteiger charge is 2.21. The summed E-state index contributed by atoms with van der Waals surface area (Å²) in [6, 6.07) is 0. The summed E-state index contributed by atoms with van der Waals surface area (Å²) in [5, 5.41) is 7.74. The molecule has 5 nitrogen and oxygen atoms in total. The average molecular weight is 313 g/mol. The first-order valence-corrected chi connectivity index (χ1v) is 8.25. The van der Waals surface area contributed by atoms with Crippen LogP contribution in [0.25, 0.3) is 0 Å². The number of nitrogens with zero attached hydrogens (tertiary/aromatic N) is 3. The molecule has 21 heavy (non-hydrogen) atoms. The molecule has 1 atom stereocenters. The highest BCUT2D eigenvalue weighted by molar-refractivity contribution is 6.32. The molecule has 1 aliphatic rings. The minimum atomic E-state index is -0.197. The van der Waals surface area contributed by atoms with Gasteiger partial charge in [-0.15, -0.1) is 0 Å². The number of aryl methyl sites for hydroxylation is 1. The van der Waals surface area contributed by atoms with Gasteiger partial charge in [-0.05, 0) is 31.8 Å². The molecule has 1 unspecified atom stereocenters. The zero-order valence-electron chi connectivity index (χ0n) is 12.9. The molecule has 1 aromatic rings. The second-order valence-corrected chi connectivity index (χ2v) is 6.06. The van der Waals surface area contributed by atoms with Crippen LogP contribution in [0.5, 0.6) is 0 Å². The first kappa shape index (κ1) is 16.3. The van der Waals surface area contributed by atoms with Gasteiger partial charge in [0, 0.05) is 19.6 Å². The second kappa shape index (κ2) is 7.80. The number of unbranched alkanes of at least 4 members (excludes halogenated alkanes) is 1. The van der Waals surface area contributed by atoms with Gasteiger partial charge in [-0.2, -0.15) is 5.10 Å². The smallest absolute Gasteiger partial charge is 0.287 e. The first-order valence-electron chi connectivity index (χ1n) is 7.87. The van der Waals surface area contributed by atoms with Crippen LogP contribution in [0.4, 0.5) is 5.69 Å². The number of hydrogen-bond donors (Lipinski definition) is 1. The zero-order chi connectivity index (χ0) is 15.2. The van der Waals surface area contributed by atoms with Crippen molar-refractivity contribution in [3.05, 3.63) is 21.6 Å². The Morgan fingerprint density at radius 2 is 2.29 bits per heavy atom. The fourth-order valence-electron chi connectivity index (χ4n) is 2.68. The number of halogens is 1. The van der Waals surface area contributed by atoms with E-state index >= 15 is 0 Å². The summed E-state index contributed by atoms with van der Waals surface area (Å²) in [5.74, 6) is 0.614. The Bertz CT molecular complexity index is 517. The minimum absolute atomic E-state index is 0.197. The number of anilines is 1. The number of rotatable bonds is 7. The minimum Gasteiger partial charge on any atom is -0.382 e. The lowest BCUT2D eigenvalue weighted by Crippen LogP contribution is -2.26. The quantitative estimate of drug-likeness (QED) is 0.840. The van der Waals surface area contributed by atoms with Crippen molar-refractivity contribution in [2.45, 2.75) is 39.7 Å². The lowest BCUT2D eigenvalue weighted by Gasteiger charge is -2.15. The van der Waals surface area contributed by atoms with Crippen LogP contribution >= 0.6 is 11.6 Å². The lowest BCUT2D eigenvalue weighted by molar-refractivity contribution is 0.345. The van der Waals surface area contributed by atoms with Crippen molar-refractivity contribution in [3.63, 3.8) is 0 Å². The molecule has 0 aromatic carbocycles. The molecule has 1 N–H and O–H groups in total. The molecule has 6 heteroatoms. The van der Waals surface area contributed by atoms with Crippen LogP contribution in [-0.4, -0.2) is 40.9 Å². The van der Waals surface area contributed by atoms with Gasteiger partial charge in [0.15, 0.2) is 0 Å². The Morgan fingerprint density at radius 3 is 2.95 bits per heavy atom. The van der Waals surface area contributed by atoms with E-state index in [9.17, 15) is 4.79 Å². The molecule has 0 aliphatic carbocycles. The lowest BCUT2D eigenvalue weighted by atomic mass is 10.1. The van der Waals surface area contributed by atoms with Crippen LogP contribution in [0.2, 0.25) is 5.02 Å². The van der Waals surface area contributed by atoms with Gasteiger partial charge in [0.05, 0.1) is 11.9 Å². The summed E-state index contributed by atoms with van der Waals surface area (Å²) >= 11 is 6.17. The van der Waals surface area contributed by atoms with Gasteiger partial charge < -0.3 is 10.2 Å². The molecule has 118 valence electrons. The van der Waals surface area contributed by atoms with Crippen LogP contribution in [0.3, 0.4) is 0 Å². The third-order valence-electron chi connectivity index (χ3n) is 4.11. The Balaban J connectivity index is 1.95. The van der Waals surface area contributed by atoms with E-state index in [0.717, 1.165) is 39.0 Å². The second-order valence-electron chi connectivity index (χ2n) is 5.68. The van der Waals surface area contributed by atoms with Gasteiger partial charge in [-0.3, -0.25) is 4.79 Å². The van der Waals surface area contributed by atoms with E-state index < -0.39 is 0 Å². The normalized spacial score (nSPS) is 19.1. The monoisotopic (exact) mass is 312 g/mol. The maximum absolute atomic E-state index is 12.1. The summed E-state index contributed by atoms with van der Waals surface area (Å²) in [6.45, 7) is 9.12. The standard InChI is InChI=1S/C15H25ClN4O/c1-3-5-7-20-15(21)14(16)13(10-18-20)17-9-12-6-8-19(4-2)11-12/h10,12,17H,3-9,11H2,1-2H3. The van der Waals surface area contributed by atoms with Crippen molar-refractivity contribution in [3.8, 4) is 0 Å². The Labute approximate surface area is 131 Å². The molecule has 1 aliphatic heterocycles. The van der Waals surface area contributed by atoms with Crippen LogP contribution in [0, 0.1) is 5.92 Å². The SMILES string of the molecule is CCCCn1ncc(NCC2CCN(CC)C2)c(Cl)c1=O. The molecule has 0 saturated carbocycles. The summed E-state index contributed by atoms with van der Waals surface area (Å²) in [6.07, 6.45) is 4.83. The van der Waals surface area contributed by atoms with E-state index in [2.05, 4.69) is 29.2 Å². The van der Waals surface area contributed by atoms with Crippen LogP contribution in [0.1, 0.15) is 33.1 Å². The summed E-state index contributed by atoms with van der Waals surface area (Å²) in [4.78, 5) is 14.5. The van der Waals surface area contributed by atoms with E-state index in [0.29, 0.717) is 18.2 Å². The van der Waals surface area contributed by atoms with Gasteiger partial charge in [0.1, 0.15) is 5.02 Å². The largest absolute Gasteiger partial charge is 0.382 e. The fraction of sp³-hybridized carbons (Fsp3) is 0.733. The van der Waals surface area contributed by atoms with E-state index in [-0.39, 0.29) is 10.6 Å². The molecule has 0 radical (unpaired) electrons. The number of nitrogens with one attached hydrogen (secondary N) is 1. The van der Waals surface area contributed by atoms with Crippen molar-refractivity contribution in [2.75, 3.05) is 31.5 Å². The highest BCUT2D eigenvalue weighted by atomic mass is 35.5. The van der Waals surface area contributed by atoms with Crippen LogP contribution in [-0.2, 0) is 6.54 Å².